The number of fused-ring (bicyclic) bond motifs is 1. The van der Waals surface area contributed by atoms with Gasteiger partial charge in [-0.3, -0.25) is 9.10 Å². The van der Waals surface area contributed by atoms with Crippen molar-refractivity contribution in [1.82, 2.24) is 5.32 Å². The highest BCUT2D eigenvalue weighted by Crippen LogP contribution is 2.35. The van der Waals surface area contributed by atoms with Crippen molar-refractivity contribution < 1.29 is 22.7 Å². The van der Waals surface area contributed by atoms with Gasteiger partial charge in [0.05, 0.1) is 25.0 Å². The Morgan fingerprint density at radius 1 is 1.26 bits per heavy atom. The Morgan fingerprint density at radius 2 is 2.00 bits per heavy atom. The molecular weight excluding hydrogens is 368 g/mol. The van der Waals surface area contributed by atoms with Crippen molar-refractivity contribution in [1.29, 1.82) is 0 Å². The van der Waals surface area contributed by atoms with Crippen molar-refractivity contribution in [2.45, 2.75) is 13.0 Å². The number of nitrogens with zero attached hydrogens (tertiary/aromatic N) is 1. The van der Waals surface area contributed by atoms with Crippen LogP contribution in [0.5, 0.6) is 11.5 Å². The minimum atomic E-state index is -3.53. The number of carbonyl (C=O) groups excluding carboxylic acids is 1. The van der Waals surface area contributed by atoms with Crippen molar-refractivity contribution in [2.24, 2.45) is 0 Å². The predicted octanol–water partition coefficient (Wildman–Crippen LogP) is 1.72. The average molecular weight is 390 g/mol. The van der Waals surface area contributed by atoms with Crippen molar-refractivity contribution in [3.8, 4) is 11.5 Å². The summed E-state index contributed by atoms with van der Waals surface area (Å²) in [6, 6.07) is 14.5. The first-order chi connectivity index (χ1) is 12.8. The van der Waals surface area contributed by atoms with Gasteiger partial charge >= 0.3 is 0 Å². The van der Waals surface area contributed by atoms with E-state index in [1.54, 1.807) is 12.1 Å². The molecule has 0 saturated heterocycles. The number of hydrogen-bond donors (Lipinski definition) is 1. The van der Waals surface area contributed by atoms with Crippen LogP contribution in [0.3, 0.4) is 0 Å². The van der Waals surface area contributed by atoms with Crippen LogP contribution in [0.2, 0.25) is 0 Å². The van der Waals surface area contributed by atoms with Gasteiger partial charge in [-0.15, -0.1) is 0 Å². The monoisotopic (exact) mass is 390 g/mol. The van der Waals surface area contributed by atoms with E-state index in [2.05, 4.69) is 5.32 Å². The molecule has 1 aliphatic rings. The third kappa shape index (κ3) is 4.71. The molecule has 3 rings (SSSR count). The summed E-state index contributed by atoms with van der Waals surface area (Å²) in [4.78, 5) is 12.5. The number of hydrogen-bond acceptors (Lipinski definition) is 5. The molecule has 8 heteroatoms. The van der Waals surface area contributed by atoms with Gasteiger partial charge in [-0.25, -0.2) is 8.42 Å². The number of amides is 1. The zero-order valence-electron chi connectivity index (χ0n) is 15.2. The second kappa shape index (κ2) is 7.87. The molecule has 1 aliphatic heterocycles. The number of anilines is 1. The summed E-state index contributed by atoms with van der Waals surface area (Å²) in [5.74, 6) is 0.716. The Bertz CT molecular complexity index is 915. The van der Waals surface area contributed by atoms with Crippen molar-refractivity contribution in [3.63, 3.8) is 0 Å². The molecule has 0 bridgehead atoms. The van der Waals surface area contributed by atoms with Gasteiger partial charge in [-0.1, -0.05) is 24.3 Å². The fourth-order valence-corrected chi connectivity index (χ4v) is 3.70. The largest absolute Gasteiger partial charge is 0.492 e. The van der Waals surface area contributed by atoms with Gasteiger partial charge in [0.1, 0.15) is 18.1 Å². The highest BCUT2D eigenvalue weighted by molar-refractivity contribution is 7.92. The standard InChI is InChI=1S/C19H22N2O5S/c1-14-8-9-16-17(12-14)26-18(13-21(16)27(2,23)24)19(22)20-10-11-25-15-6-4-3-5-7-15/h3-9,12,18H,10-11,13H2,1-2H3,(H,20,22)/t18-/m1/s1. The molecule has 0 saturated carbocycles. The van der Waals surface area contributed by atoms with Gasteiger partial charge in [0.2, 0.25) is 10.0 Å². The Labute approximate surface area is 158 Å². The highest BCUT2D eigenvalue weighted by Gasteiger charge is 2.34. The van der Waals surface area contributed by atoms with Crippen LogP contribution in [0.1, 0.15) is 5.56 Å². The maximum atomic E-state index is 12.5. The molecule has 27 heavy (non-hydrogen) atoms. The molecule has 1 heterocycles. The average Bonchev–Trinajstić information content (AvgIpc) is 2.64. The summed E-state index contributed by atoms with van der Waals surface area (Å²) >= 11 is 0. The molecule has 0 aromatic heterocycles. The molecule has 0 unspecified atom stereocenters. The minimum Gasteiger partial charge on any atom is -0.492 e. The zero-order chi connectivity index (χ0) is 19.4. The van der Waals surface area contributed by atoms with Crippen LogP contribution < -0.4 is 19.1 Å². The summed E-state index contributed by atoms with van der Waals surface area (Å²) in [5, 5.41) is 2.73. The van der Waals surface area contributed by atoms with Gasteiger partial charge in [0.15, 0.2) is 6.10 Å². The van der Waals surface area contributed by atoms with Crippen LogP contribution in [0, 0.1) is 6.92 Å². The normalized spacial score (nSPS) is 16.2. The predicted molar refractivity (Wildman–Crippen MR) is 103 cm³/mol. The number of ether oxygens (including phenoxy) is 2. The van der Waals surface area contributed by atoms with Crippen LogP contribution in [0.15, 0.2) is 48.5 Å². The van der Waals surface area contributed by atoms with E-state index in [-0.39, 0.29) is 19.0 Å². The third-order valence-corrected chi connectivity index (χ3v) is 5.24. The van der Waals surface area contributed by atoms with Crippen LogP contribution in [-0.4, -0.2) is 46.4 Å². The van der Waals surface area contributed by atoms with E-state index in [4.69, 9.17) is 9.47 Å². The Hall–Kier alpha value is -2.74. The molecule has 2 aromatic rings. The molecule has 0 fully saturated rings. The zero-order valence-corrected chi connectivity index (χ0v) is 16.0. The topological polar surface area (TPSA) is 84.9 Å². The molecule has 0 spiro atoms. The molecule has 0 aliphatic carbocycles. The van der Waals surface area contributed by atoms with E-state index in [0.29, 0.717) is 23.8 Å². The van der Waals surface area contributed by atoms with E-state index in [9.17, 15) is 13.2 Å². The summed E-state index contributed by atoms with van der Waals surface area (Å²) in [7, 11) is -3.53. The number of sulfonamides is 1. The first-order valence-corrected chi connectivity index (χ1v) is 10.4. The quantitative estimate of drug-likeness (QED) is 0.759. The minimum absolute atomic E-state index is 0.0692. The maximum Gasteiger partial charge on any atom is 0.263 e. The summed E-state index contributed by atoms with van der Waals surface area (Å²) in [6.45, 7) is 2.39. The molecule has 144 valence electrons. The lowest BCUT2D eigenvalue weighted by Gasteiger charge is -2.34. The molecule has 1 atom stereocenters. The number of para-hydroxylation sites is 1. The second-order valence-electron chi connectivity index (χ2n) is 6.32. The number of aryl methyl sites for hydroxylation is 1. The molecule has 1 N–H and O–H groups in total. The second-order valence-corrected chi connectivity index (χ2v) is 8.23. The fourth-order valence-electron chi connectivity index (χ4n) is 2.79. The smallest absolute Gasteiger partial charge is 0.263 e. The van der Waals surface area contributed by atoms with Crippen molar-refractivity contribution >= 4 is 21.6 Å². The maximum absolute atomic E-state index is 12.5. The van der Waals surface area contributed by atoms with Crippen molar-refractivity contribution in [2.75, 3.05) is 30.3 Å². The molecule has 2 aromatic carbocycles. The first kappa shape index (κ1) is 19.0. The van der Waals surface area contributed by atoms with E-state index >= 15 is 0 Å². The van der Waals surface area contributed by atoms with Gasteiger partial charge < -0.3 is 14.8 Å². The summed E-state index contributed by atoms with van der Waals surface area (Å²) in [5.41, 5.74) is 1.36. The Kier molecular flexibility index (Phi) is 5.55. The van der Waals surface area contributed by atoms with Gasteiger partial charge in [-0.05, 0) is 36.8 Å². The first-order valence-electron chi connectivity index (χ1n) is 8.55. The Balaban J connectivity index is 1.63. The van der Waals surface area contributed by atoms with Crippen LogP contribution in [0.4, 0.5) is 5.69 Å². The lowest BCUT2D eigenvalue weighted by atomic mass is 10.1. The SMILES string of the molecule is Cc1ccc2c(c1)O[C@@H](C(=O)NCCOc1ccccc1)CN2S(C)(=O)=O. The lowest BCUT2D eigenvalue weighted by molar-refractivity contribution is -0.127. The number of rotatable bonds is 6. The summed E-state index contributed by atoms with van der Waals surface area (Å²) < 4.78 is 36.8. The van der Waals surface area contributed by atoms with Crippen LogP contribution in [-0.2, 0) is 14.8 Å². The Morgan fingerprint density at radius 3 is 2.70 bits per heavy atom. The molecule has 7 nitrogen and oxygen atoms in total. The van der Waals surface area contributed by atoms with Gasteiger partial charge in [0.25, 0.3) is 5.91 Å². The van der Waals surface area contributed by atoms with Crippen LogP contribution in [0.25, 0.3) is 0 Å². The number of benzene rings is 2. The fraction of sp³-hybridized carbons (Fsp3) is 0.316. The van der Waals surface area contributed by atoms with Crippen molar-refractivity contribution in [3.05, 3.63) is 54.1 Å². The summed E-state index contributed by atoms with van der Waals surface area (Å²) in [6.07, 6.45) is 0.190. The van der Waals surface area contributed by atoms with Crippen LogP contribution >= 0.6 is 0 Å². The highest BCUT2D eigenvalue weighted by atomic mass is 32.2. The van der Waals surface area contributed by atoms with Gasteiger partial charge in [-0.2, -0.15) is 0 Å². The van der Waals surface area contributed by atoms with E-state index in [1.165, 1.54) is 4.31 Å². The molecule has 0 radical (unpaired) electrons. The molecular formula is C19H22N2O5S. The lowest BCUT2D eigenvalue weighted by Crippen LogP contribution is -2.51. The van der Waals surface area contributed by atoms with Gasteiger partial charge in [0, 0.05) is 0 Å². The van der Waals surface area contributed by atoms with E-state index < -0.39 is 16.1 Å². The molecule has 1 amide bonds. The van der Waals surface area contributed by atoms with E-state index in [1.807, 2.05) is 43.3 Å². The van der Waals surface area contributed by atoms with E-state index in [0.717, 1.165) is 11.8 Å². The third-order valence-electron chi connectivity index (χ3n) is 4.09. The number of carbonyl (C=O) groups is 1. The number of nitrogens with one attached hydrogen (secondary N) is 1.